The van der Waals surface area contributed by atoms with Crippen LogP contribution in [0.4, 0.5) is 0 Å². The molecule has 2 heterocycles. The van der Waals surface area contributed by atoms with Crippen molar-refractivity contribution < 1.29 is 19.1 Å². The van der Waals surface area contributed by atoms with E-state index in [4.69, 9.17) is 4.74 Å². The molecule has 3 aromatic rings. The summed E-state index contributed by atoms with van der Waals surface area (Å²) in [7, 11) is 1.67. The van der Waals surface area contributed by atoms with Crippen molar-refractivity contribution in [2.45, 2.75) is 39.0 Å². The van der Waals surface area contributed by atoms with Gasteiger partial charge in [0.15, 0.2) is 6.10 Å². The van der Waals surface area contributed by atoms with E-state index in [0.717, 1.165) is 33.8 Å². The second-order valence-electron chi connectivity index (χ2n) is 7.94. The Bertz CT molecular complexity index is 1130. The van der Waals surface area contributed by atoms with Crippen LogP contribution in [0.5, 0.6) is 0 Å². The number of benzene rings is 2. The topological polar surface area (TPSA) is 79.8 Å². The van der Waals surface area contributed by atoms with Crippen LogP contribution in [0.25, 0.3) is 10.2 Å². The number of carbonyl (C=O) groups is 3. The molecule has 1 unspecified atom stereocenters. The van der Waals surface area contributed by atoms with Gasteiger partial charge in [-0.25, -0.2) is 9.78 Å². The number of likely N-dealkylation sites (tertiary alicyclic amines) is 1. The van der Waals surface area contributed by atoms with Gasteiger partial charge in [-0.3, -0.25) is 9.59 Å². The summed E-state index contributed by atoms with van der Waals surface area (Å²) in [6.07, 6.45) is 0.516. The first-order valence-electron chi connectivity index (χ1n) is 10.6. The van der Waals surface area contributed by atoms with Crippen LogP contribution >= 0.6 is 11.3 Å². The summed E-state index contributed by atoms with van der Waals surface area (Å²) in [4.78, 5) is 45.1. The molecular formula is C24H25N3O4S. The van der Waals surface area contributed by atoms with Gasteiger partial charge in [0.2, 0.25) is 5.91 Å². The molecule has 0 aliphatic carbocycles. The monoisotopic (exact) mass is 451 g/mol. The van der Waals surface area contributed by atoms with E-state index in [1.54, 1.807) is 37.1 Å². The number of carbonyl (C=O) groups excluding carboxylic acids is 3. The van der Waals surface area contributed by atoms with Crippen LogP contribution in [0, 0.1) is 0 Å². The number of hydrogen-bond donors (Lipinski definition) is 0. The molecule has 0 N–H and O–H groups in total. The maximum atomic E-state index is 12.7. The molecule has 1 aliphatic heterocycles. The lowest BCUT2D eigenvalue weighted by Crippen LogP contribution is -2.37. The van der Waals surface area contributed by atoms with Gasteiger partial charge in [-0.15, -0.1) is 11.3 Å². The second kappa shape index (κ2) is 9.48. The third kappa shape index (κ3) is 4.96. The average Bonchev–Trinajstić information content (AvgIpc) is 3.38. The van der Waals surface area contributed by atoms with E-state index in [-0.39, 0.29) is 11.8 Å². The molecule has 1 aromatic heterocycles. The van der Waals surface area contributed by atoms with Gasteiger partial charge in [0.25, 0.3) is 5.91 Å². The summed E-state index contributed by atoms with van der Waals surface area (Å²) in [5.41, 5.74) is 2.13. The molecule has 32 heavy (non-hydrogen) atoms. The highest BCUT2D eigenvalue weighted by Gasteiger charge is 2.24. The number of amides is 2. The van der Waals surface area contributed by atoms with Crippen molar-refractivity contribution in [2.75, 3.05) is 13.6 Å². The zero-order valence-electron chi connectivity index (χ0n) is 18.1. The molecule has 0 saturated carbocycles. The molecule has 2 aromatic carbocycles. The molecule has 1 saturated heterocycles. The second-order valence-corrected chi connectivity index (χ2v) is 9.05. The first kappa shape index (κ1) is 22.0. The van der Waals surface area contributed by atoms with E-state index in [0.29, 0.717) is 25.1 Å². The quantitative estimate of drug-likeness (QED) is 0.513. The fourth-order valence-electron chi connectivity index (χ4n) is 3.75. The third-order valence-electron chi connectivity index (χ3n) is 5.43. The lowest BCUT2D eigenvalue weighted by Gasteiger charge is -2.21. The van der Waals surface area contributed by atoms with E-state index in [1.807, 2.05) is 30.3 Å². The van der Waals surface area contributed by atoms with Gasteiger partial charge < -0.3 is 14.5 Å². The number of aromatic nitrogens is 1. The Morgan fingerprint density at radius 1 is 1.22 bits per heavy atom. The normalized spacial score (nSPS) is 14.6. The fourth-order valence-corrected chi connectivity index (χ4v) is 4.77. The van der Waals surface area contributed by atoms with Crippen molar-refractivity contribution >= 4 is 39.3 Å². The number of likely N-dealkylation sites (N-methyl/N-ethyl adjacent to an activating group) is 1. The summed E-state index contributed by atoms with van der Waals surface area (Å²) in [5.74, 6) is -0.723. The predicted molar refractivity (Wildman–Crippen MR) is 122 cm³/mol. The first-order chi connectivity index (χ1) is 15.4. The number of rotatable bonds is 7. The standard InChI is InChI=1S/C24H25N3O4S/c1-16(23(29)26(2)15-21-25-19-9-3-4-10-20(19)32-21)31-24(30)18-8-5-7-17(13-18)14-27-12-6-11-22(27)28/h3-5,7-10,13,16H,6,11-12,14-15H2,1-2H3. The number of ether oxygens (including phenoxy) is 1. The van der Waals surface area contributed by atoms with Gasteiger partial charge >= 0.3 is 5.97 Å². The number of nitrogens with zero attached hydrogens (tertiary/aromatic N) is 3. The minimum Gasteiger partial charge on any atom is -0.449 e. The van der Waals surface area contributed by atoms with Crippen LogP contribution in [0.15, 0.2) is 48.5 Å². The van der Waals surface area contributed by atoms with Crippen LogP contribution in [0.1, 0.15) is 40.7 Å². The van der Waals surface area contributed by atoms with Crippen LogP contribution in [0.2, 0.25) is 0 Å². The highest BCUT2D eigenvalue weighted by molar-refractivity contribution is 7.18. The highest BCUT2D eigenvalue weighted by Crippen LogP contribution is 2.23. The molecule has 0 radical (unpaired) electrons. The lowest BCUT2D eigenvalue weighted by molar-refractivity contribution is -0.139. The van der Waals surface area contributed by atoms with Crippen molar-refractivity contribution in [1.29, 1.82) is 0 Å². The Labute approximate surface area is 190 Å². The predicted octanol–water partition coefficient (Wildman–Crippen LogP) is 3.62. The van der Waals surface area contributed by atoms with Crippen molar-refractivity contribution in [3.8, 4) is 0 Å². The van der Waals surface area contributed by atoms with Gasteiger partial charge in [-0.1, -0.05) is 24.3 Å². The Morgan fingerprint density at radius 3 is 2.78 bits per heavy atom. The molecule has 4 rings (SSSR count). The fraction of sp³-hybridized carbons (Fsp3) is 0.333. The van der Waals surface area contributed by atoms with Crippen molar-refractivity contribution in [1.82, 2.24) is 14.8 Å². The van der Waals surface area contributed by atoms with Gasteiger partial charge in [-0.05, 0) is 43.2 Å². The van der Waals surface area contributed by atoms with E-state index < -0.39 is 12.1 Å². The molecular weight excluding hydrogens is 426 g/mol. The number of esters is 1. The van der Waals surface area contributed by atoms with E-state index in [1.165, 1.54) is 16.2 Å². The van der Waals surface area contributed by atoms with E-state index >= 15 is 0 Å². The molecule has 7 nitrogen and oxygen atoms in total. The summed E-state index contributed by atoms with van der Waals surface area (Å²) in [6, 6.07) is 14.8. The van der Waals surface area contributed by atoms with Crippen LogP contribution in [-0.4, -0.2) is 52.3 Å². The van der Waals surface area contributed by atoms with Crippen molar-refractivity contribution in [3.63, 3.8) is 0 Å². The summed E-state index contributed by atoms with van der Waals surface area (Å²) >= 11 is 1.54. The maximum Gasteiger partial charge on any atom is 0.338 e. The minimum absolute atomic E-state index is 0.133. The van der Waals surface area contributed by atoms with Crippen LogP contribution in [0.3, 0.4) is 0 Å². The van der Waals surface area contributed by atoms with Gasteiger partial charge in [0.1, 0.15) is 5.01 Å². The Balaban J connectivity index is 1.35. The minimum atomic E-state index is -0.925. The molecule has 1 atom stereocenters. The van der Waals surface area contributed by atoms with Crippen molar-refractivity contribution in [2.24, 2.45) is 0 Å². The van der Waals surface area contributed by atoms with Crippen LogP contribution in [-0.2, 0) is 27.4 Å². The van der Waals surface area contributed by atoms with Crippen molar-refractivity contribution in [3.05, 3.63) is 64.7 Å². The Kier molecular flexibility index (Phi) is 6.50. The SMILES string of the molecule is CC(OC(=O)c1cccc(CN2CCCC2=O)c1)C(=O)N(C)Cc1nc2ccccc2s1. The smallest absolute Gasteiger partial charge is 0.338 e. The van der Waals surface area contributed by atoms with Gasteiger partial charge in [0.05, 0.1) is 22.3 Å². The molecule has 0 spiro atoms. The Hall–Kier alpha value is -3.26. The summed E-state index contributed by atoms with van der Waals surface area (Å²) < 4.78 is 6.50. The average molecular weight is 452 g/mol. The zero-order chi connectivity index (χ0) is 22.7. The first-order valence-corrected chi connectivity index (χ1v) is 11.4. The Morgan fingerprint density at radius 2 is 2.03 bits per heavy atom. The number of fused-ring (bicyclic) bond motifs is 1. The number of hydrogen-bond acceptors (Lipinski definition) is 6. The zero-order valence-corrected chi connectivity index (χ0v) is 18.9. The molecule has 0 bridgehead atoms. The molecule has 166 valence electrons. The molecule has 1 fully saturated rings. The third-order valence-corrected chi connectivity index (χ3v) is 6.45. The number of thiazole rings is 1. The lowest BCUT2D eigenvalue weighted by atomic mass is 10.1. The van der Waals surface area contributed by atoms with Gasteiger partial charge in [-0.2, -0.15) is 0 Å². The summed E-state index contributed by atoms with van der Waals surface area (Å²) in [6.45, 7) is 3.13. The van der Waals surface area contributed by atoms with E-state index in [2.05, 4.69) is 4.98 Å². The molecule has 1 aliphatic rings. The largest absolute Gasteiger partial charge is 0.449 e. The maximum absolute atomic E-state index is 12.7. The molecule has 8 heteroatoms. The van der Waals surface area contributed by atoms with Gasteiger partial charge in [0, 0.05) is 26.6 Å². The highest BCUT2D eigenvalue weighted by atomic mass is 32.1. The summed E-state index contributed by atoms with van der Waals surface area (Å²) in [5, 5.41) is 0.824. The number of para-hydroxylation sites is 1. The van der Waals surface area contributed by atoms with Crippen LogP contribution < -0.4 is 0 Å². The molecule has 2 amide bonds. The van der Waals surface area contributed by atoms with E-state index in [9.17, 15) is 14.4 Å².